The van der Waals surface area contributed by atoms with Crippen LogP contribution >= 0.6 is 22.6 Å². The first-order valence-corrected chi connectivity index (χ1v) is 9.09. The molecule has 0 aliphatic heterocycles. The number of ether oxygens (including phenoxy) is 2. The first kappa shape index (κ1) is 21.2. The van der Waals surface area contributed by atoms with Crippen LogP contribution in [0.25, 0.3) is 0 Å². The molecule has 0 saturated carbocycles. The van der Waals surface area contributed by atoms with Gasteiger partial charge in [0.25, 0.3) is 5.91 Å². The standard InChI is InChI=1S/C18H20FIN2O5/c1-26-12-7-15(22-14-3-2-10(20)6-13(14)19)17(18(21)25)16(8-12)27-5-4-11(24)9-23/h2-3,6-8,11,22-24H,4-5,9H2,1H3,(H2,21,25)/t11-/m1/s1. The molecule has 146 valence electrons. The molecule has 0 heterocycles. The van der Waals surface area contributed by atoms with Crippen LogP contribution in [0.1, 0.15) is 16.8 Å². The van der Waals surface area contributed by atoms with Crippen molar-refractivity contribution in [3.05, 3.63) is 45.3 Å². The van der Waals surface area contributed by atoms with Crippen molar-refractivity contribution in [2.75, 3.05) is 25.6 Å². The van der Waals surface area contributed by atoms with Gasteiger partial charge in [-0.3, -0.25) is 4.79 Å². The third-order valence-electron chi connectivity index (χ3n) is 3.68. The lowest BCUT2D eigenvalue weighted by molar-refractivity contribution is 0.0751. The molecule has 9 heteroatoms. The highest BCUT2D eigenvalue weighted by Gasteiger charge is 2.19. The van der Waals surface area contributed by atoms with Crippen LogP contribution in [-0.4, -0.2) is 42.5 Å². The summed E-state index contributed by atoms with van der Waals surface area (Å²) in [5.41, 5.74) is 5.90. The molecule has 1 amide bonds. The predicted octanol–water partition coefficient (Wildman–Crippen LogP) is 2.40. The Balaban J connectivity index is 2.39. The zero-order valence-electron chi connectivity index (χ0n) is 14.5. The lowest BCUT2D eigenvalue weighted by Crippen LogP contribution is -2.19. The second-order valence-electron chi connectivity index (χ2n) is 5.64. The maximum Gasteiger partial charge on any atom is 0.254 e. The zero-order valence-corrected chi connectivity index (χ0v) is 16.7. The molecule has 0 bridgehead atoms. The minimum Gasteiger partial charge on any atom is -0.497 e. The maximum absolute atomic E-state index is 14.2. The van der Waals surface area contributed by atoms with E-state index in [-0.39, 0.29) is 35.7 Å². The summed E-state index contributed by atoms with van der Waals surface area (Å²) in [5, 5.41) is 21.1. The van der Waals surface area contributed by atoms with Crippen molar-refractivity contribution in [1.29, 1.82) is 0 Å². The monoisotopic (exact) mass is 490 g/mol. The number of anilines is 2. The average Bonchev–Trinajstić information content (AvgIpc) is 2.63. The quantitative estimate of drug-likeness (QED) is 0.402. The molecule has 7 nitrogen and oxygen atoms in total. The van der Waals surface area contributed by atoms with Crippen LogP contribution < -0.4 is 20.5 Å². The van der Waals surface area contributed by atoms with Crippen molar-refractivity contribution < 1.29 is 28.9 Å². The Morgan fingerprint density at radius 1 is 1.33 bits per heavy atom. The summed E-state index contributed by atoms with van der Waals surface area (Å²) in [6.45, 7) is -0.366. The Morgan fingerprint density at radius 2 is 2.07 bits per heavy atom. The van der Waals surface area contributed by atoms with E-state index < -0.39 is 24.4 Å². The van der Waals surface area contributed by atoms with E-state index in [2.05, 4.69) is 5.32 Å². The molecule has 0 aliphatic rings. The third kappa shape index (κ3) is 5.68. The smallest absolute Gasteiger partial charge is 0.254 e. The van der Waals surface area contributed by atoms with Crippen LogP contribution in [0.15, 0.2) is 30.3 Å². The lowest BCUT2D eigenvalue weighted by atomic mass is 10.1. The minimum atomic E-state index is -0.939. The number of carbonyl (C=O) groups excluding carboxylic acids is 1. The fourth-order valence-electron chi connectivity index (χ4n) is 2.31. The number of hydrogen-bond donors (Lipinski definition) is 4. The van der Waals surface area contributed by atoms with Gasteiger partial charge in [-0.15, -0.1) is 0 Å². The lowest BCUT2D eigenvalue weighted by Gasteiger charge is -2.17. The normalized spacial score (nSPS) is 11.7. The Kier molecular flexibility index (Phi) is 7.63. The van der Waals surface area contributed by atoms with E-state index in [1.54, 1.807) is 12.1 Å². The van der Waals surface area contributed by atoms with Crippen LogP contribution in [0.3, 0.4) is 0 Å². The number of halogens is 2. The fraction of sp³-hybridized carbons (Fsp3) is 0.278. The Hall–Kier alpha value is -2.11. The summed E-state index contributed by atoms with van der Waals surface area (Å²) in [7, 11) is 1.44. The van der Waals surface area contributed by atoms with Gasteiger partial charge in [0.05, 0.1) is 37.8 Å². The van der Waals surface area contributed by atoms with Gasteiger partial charge in [-0.1, -0.05) is 0 Å². The third-order valence-corrected chi connectivity index (χ3v) is 4.35. The molecule has 0 aliphatic carbocycles. The number of benzene rings is 2. The summed E-state index contributed by atoms with van der Waals surface area (Å²) in [5.74, 6) is -0.774. The molecule has 0 aromatic heterocycles. The largest absolute Gasteiger partial charge is 0.497 e. The molecular formula is C18H20FIN2O5. The summed E-state index contributed by atoms with van der Waals surface area (Å²) < 4.78 is 25.7. The number of aliphatic hydroxyl groups excluding tert-OH is 2. The SMILES string of the molecule is COc1cc(Nc2ccc(I)cc2F)c(C(N)=O)c(OCC[C@@H](O)CO)c1. The van der Waals surface area contributed by atoms with E-state index in [4.69, 9.17) is 20.3 Å². The number of methoxy groups -OCH3 is 1. The first-order chi connectivity index (χ1) is 12.8. The molecule has 2 rings (SSSR count). The van der Waals surface area contributed by atoms with Crippen LogP contribution in [0.5, 0.6) is 11.5 Å². The van der Waals surface area contributed by atoms with Crippen LogP contribution in [0.4, 0.5) is 15.8 Å². The number of nitrogens with two attached hydrogens (primary N) is 1. The van der Waals surface area contributed by atoms with Gasteiger partial charge in [0.2, 0.25) is 0 Å². The van der Waals surface area contributed by atoms with Crippen molar-refractivity contribution in [2.24, 2.45) is 5.73 Å². The molecule has 0 spiro atoms. The number of amides is 1. The molecule has 2 aromatic carbocycles. The Bertz CT molecular complexity index is 819. The molecule has 2 aromatic rings. The molecular weight excluding hydrogens is 470 g/mol. The molecule has 0 fully saturated rings. The summed E-state index contributed by atoms with van der Waals surface area (Å²) >= 11 is 1.99. The molecule has 0 unspecified atom stereocenters. The van der Waals surface area contributed by atoms with E-state index in [0.29, 0.717) is 5.75 Å². The summed E-state index contributed by atoms with van der Waals surface area (Å²) in [6.07, 6.45) is -0.786. The number of aliphatic hydroxyl groups is 2. The molecule has 0 radical (unpaired) electrons. The van der Waals surface area contributed by atoms with Gasteiger partial charge in [-0.25, -0.2) is 4.39 Å². The van der Waals surface area contributed by atoms with E-state index >= 15 is 0 Å². The average molecular weight is 490 g/mol. The van der Waals surface area contributed by atoms with Gasteiger partial charge in [0, 0.05) is 22.1 Å². The topological polar surface area (TPSA) is 114 Å². The highest BCUT2D eigenvalue weighted by Crippen LogP contribution is 2.35. The van der Waals surface area contributed by atoms with Crippen LogP contribution in [0, 0.1) is 9.39 Å². The Morgan fingerprint density at radius 3 is 2.67 bits per heavy atom. The van der Waals surface area contributed by atoms with E-state index in [9.17, 15) is 14.3 Å². The van der Waals surface area contributed by atoms with E-state index in [1.165, 1.54) is 25.3 Å². The van der Waals surface area contributed by atoms with Crippen molar-refractivity contribution in [3.63, 3.8) is 0 Å². The van der Waals surface area contributed by atoms with Crippen molar-refractivity contribution in [1.82, 2.24) is 0 Å². The number of nitrogens with one attached hydrogen (secondary N) is 1. The fourth-order valence-corrected chi connectivity index (χ4v) is 2.76. The van der Waals surface area contributed by atoms with Crippen molar-refractivity contribution >= 4 is 39.9 Å². The summed E-state index contributed by atoms with van der Waals surface area (Å²) in [6, 6.07) is 7.58. The van der Waals surface area contributed by atoms with Gasteiger partial charge in [0.1, 0.15) is 22.9 Å². The highest BCUT2D eigenvalue weighted by atomic mass is 127. The minimum absolute atomic E-state index is 0.0206. The number of hydrogen-bond acceptors (Lipinski definition) is 6. The number of primary amides is 1. The van der Waals surface area contributed by atoms with Crippen molar-refractivity contribution in [3.8, 4) is 11.5 Å². The maximum atomic E-state index is 14.2. The molecule has 0 saturated heterocycles. The van der Waals surface area contributed by atoms with Crippen LogP contribution in [0.2, 0.25) is 0 Å². The second-order valence-corrected chi connectivity index (χ2v) is 6.88. The van der Waals surface area contributed by atoms with Gasteiger partial charge < -0.3 is 30.7 Å². The molecule has 5 N–H and O–H groups in total. The van der Waals surface area contributed by atoms with E-state index in [0.717, 1.165) is 3.57 Å². The summed E-state index contributed by atoms with van der Waals surface area (Å²) in [4.78, 5) is 12.0. The van der Waals surface area contributed by atoms with Gasteiger partial charge in [-0.2, -0.15) is 0 Å². The van der Waals surface area contributed by atoms with Crippen LogP contribution in [-0.2, 0) is 0 Å². The van der Waals surface area contributed by atoms with Gasteiger partial charge in [-0.05, 0) is 40.8 Å². The molecule has 1 atom stereocenters. The van der Waals surface area contributed by atoms with E-state index in [1.807, 2.05) is 22.6 Å². The van der Waals surface area contributed by atoms with Crippen molar-refractivity contribution in [2.45, 2.75) is 12.5 Å². The first-order valence-electron chi connectivity index (χ1n) is 8.01. The van der Waals surface area contributed by atoms with Gasteiger partial charge in [0.15, 0.2) is 0 Å². The Labute approximate surface area is 169 Å². The number of carbonyl (C=O) groups is 1. The number of rotatable bonds is 9. The zero-order chi connectivity index (χ0) is 20.0. The highest BCUT2D eigenvalue weighted by molar-refractivity contribution is 14.1. The second kappa shape index (κ2) is 9.72. The predicted molar refractivity (Wildman–Crippen MR) is 107 cm³/mol. The van der Waals surface area contributed by atoms with Gasteiger partial charge >= 0.3 is 0 Å². The molecule has 27 heavy (non-hydrogen) atoms.